The van der Waals surface area contributed by atoms with Crippen molar-refractivity contribution >= 4 is 11.8 Å². The van der Waals surface area contributed by atoms with Crippen molar-refractivity contribution < 1.29 is 9.59 Å². The van der Waals surface area contributed by atoms with Crippen LogP contribution in [0.4, 0.5) is 0 Å². The number of hydrogen-bond donors (Lipinski definition) is 2. The van der Waals surface area contributed by atoms with Crippen LogP contribution < -0.4 is 10.6 Å². The average Bonchev–Trinajstić information content (AvgIpc) is 2.94. The maximum absolute atomic E-state index is 12.5. The van der Waals surface area contributed by atoms with Crippen LogP contribution in [0, 0.1) is 0 Å². The molecule has 0 bridgehead atoms. The highest BCUT2D eigenvalue weighted by Crippen LogP contribution is 2.20. The molecule has 21 heavy (non-hydrogen) atoms. The Morgan fingerprint density at radius 1 is 1.19 bits per heavy atom. The first kappa shape index (κ1) is 14.1. The van der Waals surface area contributed by atoms with E-state index < -0.39 is 0 Å². The van der Waals surface area contributed by atoms with Crippen molar-refractivity contribution in [2.45, 2.75) is 38.9 Å². The molecule has 0 aromatic heterocycles. The molecule has 1 fully saturated rings. The van der Waals surface area contributed by atoms with Crippen molar-refractivity contribution in [2.75, 3.05) is 13.1 Å². The number of benzene rings is 1. The lowest BCUT2D eigenvalue weighted by molar-refractivity contribution is -0.119. The summed E-state index contributed by atoms with van der Waals surface area (Å²) in [5.41, 5.74) is 3.29. The van der Waals surface area contributed by atoms with Crippen LogP contribution in [0.25, 0.3) is 0 Å². The Hall–Kier alpha value is -1.88. The molecular formula is C16H21N3O2. The van der Waals surface area contributed by atoms with Gasteiger partial charge in [-0.1, -0.05) is 6.07 Å². The smallest absolute Gasteiger partial charge is 0.253 e. The van der Waals surface area contributed by atoms with E-state index in [0.29, 0.717) is 13.1 Å². The second-order valence-corrected chi connectivity index (χ2v) is 5.85. The lowest BCUT2D eigenvalue weighted by atomic mass is 10.0. The number of carbonyl (C=O) groups is 2. The van der Waals surface area contributed by atoms with Crippen molar-refractivity contribution in [3.63, 3.8) is 0 Å². The van der Waals surface area contributed by atoms with Gasteiger partial charge in [0, 0.05) is 44.7 Å². The van der Waals surface area contributed by atoms with Gasteiger partial charge in [-0.05, 0) is 36.1 Å². The van der Waals surface area contributed by atoms with Crippen molar-refractivity contribution in [2.24, 2.45) is 0 Å². The first-order valence-corrected chi connectivity index (χ1v) is 7.52. The molecule has 5 nitrogen and oxygen atoms in total. The van der Waals surface area contributed by atoms with Gasteiger partial charge in [-0.15, -0.1) is 0 Å². The maximum Gasteiger partial charge on any atom is 0.253 e. The number of amides is 2. The zero-order chi connectivity index (χ0) is 14.8. The molecule has 1 aromatic carbocycles. The first-order chi connectivity index (χ1) is 10.1. The number of piperidine rings is 1. The standard InChI is InChI=1S/C16H21N3O2/c1-11(20)18-15-4-6-19(7-5-15)16(21)12-2-3-13-9-17-10-14(13)8-12/h2-3,8,15,17H,4-7,9-10H2,1H3,(H,18,20). The molecule has 1 aromatic rings. The number of fused-ring (bicyclic) bond motifs is 1. The van der Waals surface area contributed by atoms with Gasteiger partial charge in [0.05, 0.1) is 0 Å². The van der Waals surface area contributed by atoms with Gasteiger partial charge in [-0.3, -0.25) is 9.59 Å². The maximum atomic E-state index is 12.5. The molecule has 0 saturated carbocycles. The summed E-state index contributed by atoms with van der Waals surface area (Å²) < 4.78 is 0. The Morgan fingerprint density at radius 2 is 1.90 bits per heavy atom. The number of hydrogen-bond acceptors (Lipinski definition) is 3. The minimum absolute atomic E-state index is 0.00546. The number of nitrogens with zero attached hydrogens (tertiary/aromatic N) is 1. The molecule has 112 valence electrons. The second kappa shape index (κ2) is 5.85. The lowest BCUT2D eigenvalue weighted by Gasteiger charge is -2.32. The summed E-state index contributed by atoms with van der Waals surface area (Å²) in [6.07, 6.45) is 1.66. The van der Waals surface area contributed by atoms with Gasteiger partial charge in [-0.2, -0.15) is 0 Å². The summed E-state index contributed by atoms with van der Waals surface area (Å²) in [5, 5.41) is 6.22. The van der Waals surface area contributed by atoms with Gasteiger partial charge < -0.3 is 15.5 Å². The second-order valence-electron chi connectivity index (χ2n) is 5.85. The molecule has 0 spiro atoms. The number of rotatable bonds is 2. The summed E-state index contributed by atoms with van der Waals surface area (Å²) in [6.45, 7) is 4.70. The van der Waals surface area contributed by atoms with Crippen LogP contribution >= 0.6 is 0 Å². The summed E-state index contributed by atoms with van der Waals surface area (Å²) in [5.74, 6) is 0.108. The Labute approximate surface area is 124 Å². The van der Waals surface area contributed by atoms with Gasteiger partial charge in [0.25, 0.3) is 5.91 Å². The Bertz CT molecular complexity index is 563. The van der Waals surface area contributed by atoms with E-state index in [1.54, 1.807) is 0 Å². The van der Waals surface area contributed by atoms with Crippen molar-refractivity contribution in [3.8, 4) is 0 Å². The normalized spacial score (nSPS) is 18.4. The van der Waals surface area contributed by atoms with Gasteiger partial charge >= 0.3 is 0 Å². The van der Waals surface area contributed by atoms with E-state index in [1.807, 2.05) is 23.1 Å². The Morgan fingerprint density at radius 3 is 2.62 bits per heavy atom. The van der Waals surface area contributed by atoms with E-state index in [-0.39, 0.29) is 17.9 Å². The molecule has 0 unspecified atom stereocenters. The number of likely N-dealkylation sites (tertiary alicyclic amines) is 1. The van der Waals surface area contributed by atoms with Crippen LogP contribution in [0.2, 0.25) is 0 Å². The number of nitrogens with one attached hydrogen (secondary N) is 2. The predicted molar refractivity (Wildman–Crippen MR) is 79.7 cm³/mol. The molecule has 2 aliphatic heterocycles. The topological polar surface area (TPSA) is 61.4 Å². The molecule has 3 rings (SSSR count). The van der Waals surface area contributed by atoms with Gasteiger partial charge in [-0.25, -0.2) is 0 Å². The summed E-state index contributed by atoms with van der Waals surface area (Å²) in [4.78, 5) is 25.5. The lowest BCUT2D eigenvalue weighted by Crippen LogP contribution is -2.46. The van der Waals surface area contributed by atoms with E-state index in [0.717, 1.165) is 31.5 Å². The van der Waals surface area contributed by atoms with Crippen LogP contribution in [-0.2, 0) is 17.9 Å². The van der Waals surface area contributed by atoms with Gasteiger partial charge in [0.2, 0.25) is 5.91 Å². The summed E-state index contributed by atoms with van der Waals surface area (Å²) in [6, 6.07) is 6.19. The molecule has 2 heterocycles. The SMILES string of the molecule is CC(=O)NC1CCN(C(=O)c2ccc3c(c2)CNC3)CC1. The third-order valence-corrected chi connectivity index (χ3v) is 4.27. The van der Waals surface area contributed by atoms with E-state index in [9.17, 15) is 9.59 Å². The Kier molecular flexibility index (Phi) is 3.92. The fourth-order valence-electron chi connectivity index (χ4n) is 3.12. The zero-order valence-corrected chi connectivity index (χ0v) is 12.3. The molecular weight excluding hydrogens is 266 g/mol. The summed E-state index contributed by atoms with van der Waals surface area (Å²) in [7, 11) is 0. The molecule has 2 aliphatic rings. The average molecular weight is 287 g/mol. The third-order valence-electron chi connectivity index (χ3n) is 4.27. The minimum Gasteiger partial charge on any atom is -0.353 e. The van der Waals surface area contributed by atoms with Gasteiger partial charge in [0.1, 0.15) is 0 Å². The van der Waals surface area contributed by atoms with E-state index in [2.05, 4.69) is 10.6 Å². The number of carbonyl (C=O) groups excluding carboxylic acids is 2. The van der Waals surface area contributed by atoms with Gasteiger partial charge in [0.15, 0.2) is 0 Å². The van der Waals surface area contributed by atoms with Crippen molar-refractivity contribution in [1.29, 1.82) is 0 Å². The van der Waals surface area contributed by atoms with E-state index in [4.69, 9.17) is 0 Å². The van der Waals surface area contributed by atoms with Crippen LogP contribution in [0.15, 0.2) is 18.2 Å². The quantitative estimate of drug-likeness (QED) is 0.854. The van der Waals surface area contributed by atoms with Crippen LogP contribution in [0.1, 0.15) is 41.3 Å². The zero-order valence-electron chi connectivity index (χ0n) is 12.3. The molecule has 5 heteroatoms. The first-order valence-electron chi connectivity index (χ1n) is 7.52. The van der Waals surface area contributed by atoms with E-state index >= 15 is 0 Å². The molecule has 2 N–H and O–H groups in total. The minimum atomic E-state index is 0.00546. The Balaban J connectivity index is 1.63. The predicted octanol–water partition coefficient (Wildman–Crippen LogP) is 1.03. The highest BCUT2D eigenvalue weighted by Gasteiger charge is 2.24. The monoisotopic (exact) mass is 287 g/mol. The molecule has 0 aliphatic carbocycles. The fraction of sp³-hybridized carbons (Fsp3) is 0.500. The van der Waals surface area contributed by atoms with Crippen molar-refractivity contribution in [1.82, 2.24) is 15.5 Å². The molecule has 0 radical (unpaired) electrons. The molecule has 2 amide bonds. The van der Waals surface area contributed by atoms with E-state index in [1.165, 1.54) is 18.1 Å². The highest BCUT2D eigenvalue weighted by atomic mass is 16.2. The highest BCUT2D eigenvalue weighted by molar-refractivity contribution is 5.94. The third kappa shape index (κ3) is 3.08. The summed E-state index contributed by atoms with van der Waals surface area (Å²) >= 11 is 0. The van der Waals surface area contributed by atoms with Crippen LogP contribution in [-0.4, -0.2) is 35.8 Å². The van der Waals surface area contributed by atoms with Crippen LogP contribution in [0.3, 0.4) is 0 Å². The van der Waals surface area contributed by atoms with Crippen LogP contribution in [0.5, 0.6) is 0 Å². The largest absolute Gasteiger partial charge is 0.353 e. The fourth-order valence-corrected chi connectivity index (χ4v) is 3.12. The molecule has 0 atom stereocenters. The molecule has 1 saturated heterocycles. The van der Waals surface area contributed by atoms with Crippen molar-refractivity contribution in [3.05, 3.63) is 34.9 Å².